The molecule has 0 radical (unpaired) electrons. The number of hydrogen-bond acceptors (Lipinski definition) is 1. The Hall–Kier alpha value is -1.44. The molecule has 12 heavy (non-hydrogen) atoms. The van der Waals surface area contributed by atoms with Gasteiger partial charge in [0, 0.05) is 29.8 Å². The standard InChI is InChI=1S/C10H12N2/c1-7-8-5-6-12-10(8)4-3-9(7)11-2/h3-6,11-12H,1-2H3. The molecule has 0 saturated heterocycles. The summed E-state index contributed by atoms with van der Waals surface area (Å²) in [6.07, 6.45) is 1.97. The Labute approximate surface area is 71.6 Å². The number of aryl methyl sites for hydroxylation is 1. The van der Waals surface area contributed by atoms with Crippen LogP contribution in [0, 0.1) is 6.92 Å². The number of benzene rings is 1. The second kappa shape index (κ2) is 2.55. The minimum atomic E-state index is 1.20. The van der Waals surface area contributed by atoms with Gasteiger partial charge in [-0.05, 0) is 30.7 Å². The Morgan fingerprint density at radius 2 is 2.08 bits per heavy atom. The summed E-state index contributed by atoms with van der Waals surface area (Å²) in [7, 11) is 1.95. The molecule has 1 heterocycles. The van der Waals surface area contributed by atoms with E-state index in [1.165, 1.54) is 22.2 Å². The van der Waals surface area contributed by atoms with E-state index in [1.807, 2.05) is 13.2 Å². The van der Waals surface area contributed by atoms with Crippen molar-refractivity contribution in [1.29, 1.82) is 0 Å². The minimum Gasteiger partial charge on any atom is -0.388 e. The Kier molecular flexibility index (Phi) is 1.54. The van der Waals surface area contributed by atoms with E-state index >= 15 is 0 Å². The quantitative estimate of drug-likeness (QED) is 0.659. The average molecular weight is 160 g/mol. The normalized spacial score (nSPS) is 10.5. The fraction of sp³-hybridized carbons (Fsp3) is 0.200. The van der Waals surface area contributed by atoms with Crippen LogP contribution in [0.15, 0.2) is 24.4 Å². The zero-order valence-electron chi connectivity index (χ0n) is 7.31. The molecule has 2 heteroatoms. The van der Waals surface area contributed by atoms with Crippen molar-refractivity contribution in [3.63, 3.8) is 0 Å². The second-order valence-corrected chi connectivity index (χ2v) is 2.93. The van der Waals surface area contributed by atoms with Crippen LogP contribution in [0.2, 0.25) is 0 Å². The molecule has 0 bridgehead atoms. The molecule has 0 saturated carbocycles. The molecule has 0 aliphatic heterocycles. The molecule has 2 nitrogen and oxygen atoms in total. The number of hydrogen-bond donors (Lipinski definition) is 2. The molecule has 0 unspecified atom stereocenters. The van der Waals surface area contributed by atoms with Crippen LogP contribution >= 0.6 is 0 Å². The first-order valence-corrected chi connectivity index (χ1v) is 4.07. The maximum atomic E-state index is 3.18. The molecule has 0 aliphatic carbocycles. The Morgan fingerprint density at radius 1 is 1.25 bits per heavy atom. The number of anilines is 1. The van der Waals surface area contributed by atoms with E-state index in [0.717, 1.165) is 0 Å². The molecule has 2 rings (SSSR count). The van der Waals surface area contributed by atoms with Crippen LogP contribution in [-0.4, -0.2) is 12.0 Å². The van der Waals surface area contributed by atoms with Crippen LogP contribution in [0.5, 0.6) is 0 Å². The predicted molar refractivity (Wildman–Crippen MR) is 52.6 cm³/mol. The first-order chi connectivity index (χ1) is 5.83. The van der Waals surface area contributed by atoms with Gasteiger partial charge in [0.25, 0.3) is 0 Å². The molecule has 1 aromatic heterocycles. The number of fused-ring (bicyclic) bond motifs is 1. The lowest BCUT2D eigenvalue weighted by molar-refractivity contribution is 1.43. The van der Waals surface area contributed by atoms with Crippen molar-refractivity contribution >= 4 is 16.6 Å². The molecule has 1 aromatic carbocycles. The highest BCUT2D eigenvalue weighted by Crippen LogP contribution is 2.23. The SMILES string of the molecule is CNc1ccc2[nH]ccc2c1C. The van der Waals surface area contributed by atoms with Gasteiger partial charge in [-0.25, -0.2) is 0 Å². The fourth-order valence-electron chi connectivity index (χ4n) is 1.55. The van der Waals surface area contributed by atoms with Crippen molar-refractivity contribution in [2.75, 3.05) is 12.4 Å². The first kappa shape index (κ1) is 7.22. The van der Waals surface area contributed by atoms with E-state index < -0.39 is 0 Å². The van der Waals surface area contributed by atoms with Gasteiger partial charge in [-0.1, -0.05) is 0 Å². The highest BCUT2D eigenvalue weighted by atomic mass is 14.8. The summed E-state index contributed by atoms with van der Waals surface area (Å²) in [6, 6.07) is 6.29. The average Bonchev–Trinajstić information content (AvgIpc) is 2.53. The van der Waals surface area contributed by atoms with E-state index in [9.17, 15) is 0 Å². The Morgan fingerprint density at radius 3 is 2.83 bits per heavy atom. The van der Waals surface area contributed by atoms with Crippen LogP contribution in [0.25, 0.3) is 10.9 Å². The van der Waals surface area contributed by atoms with Gasteiger partial charge in [-0.3, -0.25) is 0 Å². The van der Waals surface area contributed by atoms with Crippen LogP contribution in [0.3, 0.4) is 0 Å². The van der Waals surface area contributed by atoms with Crippen molar-refractivity contribution < 1.29 is 0 Å². The Bertz CT molecular complexity index is 401. The van der Waals surface area contributed by atoms with Crippen LogP contribution < -0.4 is 5.32 Å². The molecule has 2 aromatic rings. The Balaban J connectivity index is 2.78. The molecule has 2 N–H and O–H groups in total. The molecule has 0 spiro atoms. The van der Waals surface area contributed by atoms with Crippen molar-refractivity contribution in [3.8, 4) is 0 Å². The number of rotatable bonds is 1. The summed E-state index contributed by atoms with van der Waals surface area (Å²) in [6.45, 7) is 2.13. The van der Waals surface area contributed by atoms with E-state index in [4.69, 9.17) is 0 Å². The number of H-pyrrole nitrogens is 1. The first-order valence-electron chi connectivity index (χ1n) is 4.07. The van der Waals surface area contributed by atoms with E-state index in [-0.39, 0.29) is 0 Å². The van der Waals surface area contributed by atoms with Gasteiger partial charge in [-0.2, -0.15) is 0 Å². The second-order valence-electron chi connectivity index (χ2n) is 2.93. The predicted octanol–water partition coefficient (Wildman–Crippen LogP) is 2.52. The van der Waals surface area contributed by atoms with Gasteiger partial charge >= 0.3 is 0 Å². The maximum Gasteiger partial charge on any atom is 0.0458 e. The van der Waals surface area contributed by atoms with Gasteiger partial charge in [0.2, 0.25) is 0 Å². The third kappa shape index (κ3) is 0.881. The molecular formula is C10H12N2. The molecule has 0 amide bonds. The summed E-state index contributed by atoms with van der Waals surface area (Å²) in [5, 5.41) is 4.46. The molecule has 62 valence electrons. The van der Waals surface area contributed by atoms with Crippen molar-refractivity contribution in [2.45, 2.75) is 6.92 Å². The van der Waals surface area contributed by atoms with Crippen LogP contribution in [-0.2, 0) is 0 Å². The van der Waals surface area contributed by atoms with Gasteiger partial charge < -0.3 is 10.3 Å². The lowest BCUT2D eigenvalue weighted by Crippen LogP contribution is -1.90. The largest absolute Gasteiger partial charge is 0.388 e. The van der Waals surface area contributed by atoms with Crippen LogP contribution in [0.4, 0.5) is 5.69 Å². The zero-order chi connectivity index (χ0) is 8.55. The van der Waals surface area contributed by atoms with Gasteiger partial charge in [0.15, 0.2) is 0 Å². The van der Waals surface area contributed by atoms with Gasteiger partial charge in [-0.15, -0.1) is 0 Å². The van der Waals surface area contributed by atoms with Gasteiger partial charge in [0.05, 0.1) is 0 Å². The van der Waals surface area contributed by atoms with Crippen molar-refractivity contribution in [1.82, 2.24) is 4.98 Å². The zero-order valence-corrected chi connectivity index (χ0v) is 7.31. The molecular weight excluding hydrogens is 148 g/mol. The molecule has 0 fully saturated rings. The summed E-state index contributed by atoms with van der Waals surface area (Å²) < 4.78 is 0. The highest BCUT2D eigenvalue weighted by Gasteiger charge is 2.01. The lowest BCUT2D eigenvalue weighted by atomic mass is 10.1. The van der Waals surface area contributed by atoms with E-state index in [0.29, 0.717) is 0 Å². The number of aromatic nitrogens is 1. The third-order valence-corrected chi connectivity index (χ3v) is 2.27. The minimum absolute atomic E-state index is 1.20. The number of aromatic amines is 1. The summed E-state index contributed by atoms with van der Waals surface area (Å²) in [4.78, 5) is 3.18. The summed E-state index contributed by atoms with van der Waals surface area (Å²) in [5.74, 6) is 0. The third-order valence-electron chi connectivity index (χ3n) is 2.27. The van der Waals surface area contributed by atoms with Crippen molar-refractivity contribution in [2.24, 2.45) is 0 Å². The molecule has 0 aliphatic rings. The highest BCUT2D eigenvalue weighted by molar-refractivity contribution is 5.87. The van der Waals surface area contributed by atoms with E-state index in [1.54, 1.807) is 0 Å². The van der Waals surface area contributed by atoms with Crippen LogP contribution in [0.1, 0.15) is 5.56 Å². The molecule has 0 atom stereocenters. The summed E-state index contributed by atoms with van der Waals surface area (Å²) >= 11 is 0. The van der Waals surface area contributed by atoms with Crippen molar-refractivity contribution in [3.05, 3.63) is 30.0 Å². The maximum absolute atomic E-state index is 3.18. The topological polar surface area (TPSA) is 27.8 Å². The van der Waals surface area contributed by atoms with Gasteiger partial charge in [0.1, 0.15) is 0 Å². The lowest BCUT2D eigenvalue weighted by Gasteiger charge is -2.04. The number of nitrogens with one attached hydrogen (secondary N) is 2. The van der Waals surface area contributed by atoms with E-state index in [2.05, 4.69) is 35.4 Å². The monoisotopic (exact) mass is 160 g/mol. The fourth-order valence-corrected chi connectivity index (χ4v) is 1.55. The summed E-state index contributed by atoms with van der Waals surface area (Å²) in [5.41, 5.74) is 3.70. The smallest absolute Gasteiger partial charge is 0.0458 e.